The van der Waals surface area contributed by atoms with Gasteiger partial charge in [-0.25, -0.2) is 13.6 Å². The summed E-state index contributed by atoms with van der Waals surface area (Å²) in [5, 5.41) is 8.49. The van der Waals surface area contributed by atoms with Gasteiger partial charge in [0.1, 0.15) is 0 Å². The van der Waals surface area contributed by atoms with E-state index >= 15 is 0 Å². The predicted octanol–water partition coefficient (Wildman–Crippen LogP) is 2.34. The molecule has 4 fully saturated rings. The zero-order valence-corrected chi connectivity index (χ0v) is 14.7. The minimum atomic E-state index is -3.81. The molecule has 0 aromatic heterocycles. The number of rotatable bonds is 3. The van der Waals surface area contributed by atoms with E-state index in [1.54, 1.807) is 6.07 Å². The molecule has 0 heterocycles. The van der Waals surface area contributed by atoms with Gasteiger partial charge in [0.15, 0.2) is 0 Å². The van der Waals surface area contributed by atoms with Gasteiger partial charge in [-0.15, -0.1) is 0 Å². The molecule has 0 saturated heterocycles. The van der Waals surface area contributed by atoms with Crippen LogP contribution in [-0.2, 0) is 10.0 Å². The summed E-state index contributed by atoms with van der Waals surface area (Å²) in [6, 6.07) is 4.50. The van der Waals surface area contributed by atoms with Crippen molar-refractivity contribution in [1.82, 2.24) is 5.32 Å². The Morgan fingerprint density at radius 3 is 2.17 bits per heavy atom. The maximum Gasteiger partial charge on any atom is 0.252 e. The Morgan fingerprint density at radius 2 is 1.67 bits per heavy atom. The average Bonchev–Trinajstić information content (AvgIpc) is 2.44. The second-order valence-electron chi connectivity index (χ2n) is 8.17. The van der Waals surface area contributed by atoms with Gasteiger partial charge in [-0.05, 0) is 80.9 Å². The lowest BCUT2D eigenvalue weighted by atomic mass is 9.53. The number of nitrogens with two attached hydrogens (primary N) is 1. The molecule has 1 aromatic carbocycles. The highest BCUT2D eigenvalue weighted by Gasteiger charge is 2.51. The van der Waals surface area contributed by atoms with Gasteiger partial charge in [-0.1, -0.05) is 6.07 Å². The summed E-state index contributed by atoms with van der Waals surface area (Å²) in [7, 11) is -3.81. The number of benzene rings is 1. The van der Waals surface area contributed by atoms with Crippen LogP contribution in [0.15, 0.2) is 23.1 Å². The molecule has 4 aliphatic rings. The molecule has 4 aliphatic carbocycles. The van der Waals surface area contributed by atoms with Crippen LogP contribution >= 0.6 is 0 Å². The lowest BCUT2D eigenvalue weighted by Gasteiger charge is -2.56. The summed E-state index contributed by atoms with van der Waals surface area (Å²) in [6.07, 6.45) is 7.15. The van der Waals surface area contributed by atoms with Gasteiger partial charge < -0.3 is 5.32 Å². The highest BCUT2D eigenvalue weighted by molar-refractivity contribution is 7.89. The minimum absolute atomic E-state index is 0.0104. The molecule has 0 aliphatic heterocycles. The Morgan fingerprint density at radius 1 is 1.12 bits per heavy atom. The van der Waals surface area contributed by atoms with Crippen molar-refractivity contribution in [2.24, 2.45) is 22.9 Å². The standard InChI is InChI=1S/C18H24N2O3S/c1-11-2-3-15(24(19,22)23)7-16(11)17(21)20-18-8-12-4-13(9-18)6-14(5-12)10-18/h2-3,7,12-14H,4-6,8-10H2,1H3,(H,20,21)(H2,19,22,23). The lowest BCUT2D eigenvalue weighted by molar-refractivity contribution is -0.0167. The first-order valence-corrected chi connectivity index (χ1v) is 10.2. The van der Waals surface area contributed by atoms with Crippen molar-refractivity contribution >= 4 is 15.9 Å². The number of amides is 1. The molecule has 130 valence electrons. The van der Waals surface area contributed by atoms with Gasteiger partial charge >= 0.3 is 0 Å². The van der Waals surface area contributed by atoms with Gasteiger partial charge in [0, 0.05) is 11.1 Å². The Labute approximate surface area is 143 Å². The first-order chi connectivity index (χ1) is 11.2. The number of hydrogen-bond donors (Lipinski definition) is 2. The Kier molecular flexibility index (Phi) is 3.55. The molecule has 5 rings (SSSR count). The van der Waals surface area contributed by atoms with Crippen LogP contribution in [0.3, 0.4) is 0 Å². The van der Waals surface area contributed by atoms with Crippen LogP contribution in [0.2, 0.25) is 0 Å². The van der Waals surface area contributed by atoms with Crippen molar-refractivity contribution in [2.75, 3.05) is 0 Å². The number of sulfonamides is 1. The molecular weight excluding hydrogens is 324 g/mol. The van der Waals surface area contributed by atoms with E-state index in [9.17, 15) is 13.2 Å². The first kappa shape index (κ1) is 16.1. The summed E-state index contributed by atoms with van der Waals surface area (Å²) in [5.74, 6) is 2.06. The van der Waals surface area contributed by atoms with Gasteiger partial charge in [0.2, 0.25) is 10.0 Å². The molecule has 24 heavy (non-hydrogen) atoms. The third-order valence-electron chi connectivity index (χ3n) is 6.20. The van der Waals surface area contributed by atoms with Crippen molar-refractivity contribution < 1.29 is 13.2 Å². The number of carbonyl (C=O) groups excluding carboxylic acids is 1. The van der Waals surface area contributed by atoms with E-state index in [1.807, 2.05) is 6.92 Å². The second kappa shape index (κ2) is 5.30. The topological polar surface area (TPSA) is 89.3 Å². The van der Waals surface area contributed by atoms with Crippen LogP contribution in [0.5, 0.6) is 0 Å². The molecule has 0 unspecified atom stereocenters. The third kappa shape index (κ3) is 2.75. The Hall–Kier alpha value is -1.40. The van der Waals surface area contributed by atoms with Crippen molar-refractivity contribution in [2.45, 2.75) is 55.9 Å². The zero-order valence-electron chi connectivity index (χ0n) is 13.9. The molecule has 6 heteroatoms. The van der Waals surface area contributed by atoms with Crippen LogP contribution in [0.25, 0.3) is 0 Å². The summed E-state index contributed by atoms with van der Waals surface area (Å²) in [5.41, 5.74) is 1.09. The predicted molar refractivity (Wildman–Crippen MR) is 90.9 cm³/mol. The molecule has 0 radical (unpaired) electrons. The highest BCUT2D eigenvalue weighted by Crippen LogP contribution is 2.55. The van der Waals surface area contributed by atoms with Gasteiger partial charge in [0.05, 0.1) is 4.90 Å². The molecule has 3 N–H and O–H groups in total. The molecule has 0 spiro atoms. The molecule has 1 amide bonds. The summed E-state index contributed by atoms with van der Waals surface area (Å²) in [4.78, 5) is 12.9. The Balaban J connectivity index is 1.61. The van der Waals surface area contributed by atoms with Gasteiger partial charge in [-0.3, -0.25) is 4.79 Å². The summed E-state index contributed by atoms with van der Waals surface area (Å²) in [6.45, 7) is 1.82. The molecule has 4 bridgehead atoms. The highest BCUT2D eigenvalue weighted by atomic mass is 32.2. The van der Waals surface area contributed by atoms with E-state index in [0.29, 0.717) is 5.56 Å². The number of nitrogens with one attached hydrogen (secondary N) is 1. The van der Waals surface area contributed by atoms with Crippen LogP contribution in [0.4, 0.5) is 0 Å². The van der Waals surface area contributed by atoms with E-state index < -0.39 is 10.0 Å². The van der Waals surface area contributed by atoms with Gasteiger partial charge in [0.25, 0.3) is 5.91 Å². The van der Waals surface area contributed by atoms with E-state index in [2.05, 4.69) is 5.32 Å². The fourth-order valence-corrected chi connectivity index (χ4v) is 6.13. The van der Waals surface area contributed by atoms with E-state index in [4.69, 9.17) is 5.14 Å². The van der Waals surface area contributed by atoms with Crippen LogP contribution < -0.4 is 10.5 Å². The molecule has 1 aromatic rings. The Bertz CT molecular complexity index is 765. The number of primary sulfonamides is 1. The lowest BCUT2D eigenvalue weighted by Crippen LogP contribution is -2.59. The number of aryl methyl sites for hydroxylation is 1. The first-order valence-electron chi connectivity index (χ1n) is 8.70. The minimum Gasteiger partial charge on any atom is -0.347 e. The fourth-order valence-electron chi connectivity index (χ4n) is 5.59. The van der Waals surface area contributed by atoms with Crippen LogP contribution in [0, 0.1) is 24.7 Å². The molecule has 5 nitrogen and oxygen atoms in total. The summed E-state index contributed by atoms with van der Waals surface area (Å²) < 4.78 is 23.2. The normalized spacial score (nSPS) is 34.3. The second-order valence-corrected chi connectivity index (χ2v) is 9.74. The van der Waals surface area contributed by atoms with Crippen LogP contribution in [0.1, 0.15) is 54.4 Å². The summed E-state index contributed by atoms with van der Waals surface area (Å²) >= 11 is 0. The number of carbonyl (C=O) groups is 1. The maximum atomic E-state index is 12.9. The molecular formula is C18H24N2O3S. The maximum absolute atomic E-state index is 12.9. The largest absolute Gasteiger partial charge is 0.347 e. The van der Waals surface area contributed by atoms with E-state index in [-0.39, 0.29) is 16.3 Å². The fraction of sp³-hybridized carbons (Fsp3) is 0.611. The SMILES string of the molecule is Cc1ccc(S(N)(=O)=O)cc1C(=O)NC12CC3CC(CC(C3)C1)C2. The van der Waals surface area contributed by atoms with Crippen molar-refractivity contribution in [3.63, 3.8) is 0 Å². The monoisotopic (exact) mass is 348 g/mol. The molecule has 4 saturated carbocycles. The van der Waals surface area contributed by atoms with Crippen molar-refractivity contribution in [3.8, 4) is 0 Å². The quantitative estimate of drug-likeness (QED) is 0.878. The van der Waals surface area contributed by atoms with Crippen molar-refractivity contribution in [1.29, 1.82) is 0 Å². The third-order valence-corrected chi connectivity index (χ3v) is 7.11. The van der Waals surface area contributed by atoms with Gasteiger partial charge in [-0.2, -0.15) is 0 Å². The smallest absolute Gasteiger partial charge is 0.252 e. The average molecular weight is 348 g/mol. The van der Waals surface area contributed by atoms with E-state index in [0.717, 1.165) is 42.6 Å². The van der Waals surface area contributed by atoms with Crippen LogP contribution in [-0.4, -0.2) is 19.9 Å². The van der Waals surface area contributed by atoms with E-state index in [1.165, 1.54) is 31.4 Å². The number of hydrogen-bond acceptors (Lipinski definition) is 3. The molecule has 0 atom stereocenters. The zero-order chi connectivity index (χ0) is 17.1. The van der Waals surface area contributed by atoms with Crippen molar-refractivity contribution in [3.05, 3.63) is 29.3 Å².